The molecule has 3 amide bonds. The van der Waals surface area contributed by atoms with Crippen molar-refractivity contribution in [3.63, 3.8) is 0 Å². The van der Waals surface area contributed by atoms with Gasteiger partial charge >= 0.3 is 0 Å². The number of rotatable bonds is 9. The summed E-state index contributed by atoms with van der Waals surface area (Å²) in [5.74, 6) is -1.00. The first-order chi connectivity index (χ1) is 15.9. The maximum Gasteiger partial charge on any atom is 0.261 e. The van der Waals surface area contributed by atoms with Crippen LogP contribution < -0.4 is 5.32 Å². The Morgan fingerprint density at radius 1 is 0.818 bits per heavy atom. The van der Waals surface area contributed by atoms with Gasteiger partial charge in [0.1, 0.15) is 0 Å². The molecule has 0 spiro atoms. The van der Waals surface area contributed by atoms with Crippen molar-refractivity contribution >= 4 is 38.3 Å². The molecule has 1 heterocycles. The third kappa shape index (κ3) is 4.80. The second kappa shape index (κ2) is 9.54. The average molecular weight is 465 g/mol. The molecule has 4 rings (SSSR count). The number of nitrogens with zero attached hydrogens (tertiary/aromatic N) is 1. The van der Waals surface area contributed by atoms with Gasteiger partial charge in [-0.1, -0.05) is 42.5 Å². The third-order valence-corrected chi connectivity index (χ3v) is 7.47. The fourth-order valence-corrected chi connectivity index (χ4v) is 5.34. The van der Waals surface area contributed by atoms with Gasteiger partial charge in [0.05, 0.1) is 10.6 Å². The second-order valence-corrected chi connectivity index (χ2v) is 10.0. The van der Waals surface area contributed by atoms with Gasteiger partial charge in [0.2, 0.25) is 5.91 Å². The van der Waals surface area contributed by atoms with Gasteiger partial charge in [0.15, 0.2) is 9.84 Å². The Hall–Kier alpha value is -3.52. The van der Waals surface area contributed by atoms with E-state index in [4.69, 9.17) is 0 Å². The van der Waals surface area contributed by atoms with Crippen molar-refractivity contribution in [2.45, 2.75) is 24.2 Å². The molecule has 0 bridgehead atoms. The molecule has 3 aromatic rings. The fraction of sp³-hybridized carbons (Fsp3) is 0.240. The van der Waals surface area contributed by atoms with Gasteiger partial charge in [-0.15, -0.1) is 0 Å². The Balaban J connectivity index is 1.25. The molecule has 1 aliphatic heterocycles. The average Bonchev–Trinajstić information content (AvgIpc) is 2.83. The van der Waals surface area contributed by atoms with E-state index in [2.05, 4.69) is 5.32 Å². The lowest BCUT2D eigenvalue weighted by molar-refractivity contribution is -0.121. The Bertz CT molecular complexity index is 1270. The van der Waals surface area contributed by atoms with Gasteiger partial charge in [-0.3, -0.25) is 19.3 Å². The molecule has 0 aliphatic carbocycles. The van der Waals surface area contributed by atoms with Gasteiger partial charge in [-0.2, -0.15) is 0 Å². The van der Waals surface area contributed by atoms with Crippen LogP contribution in [0, 0.1) is 0 Å². The topological polar surface area (TPSA) is 101 Å². The van der Waals surface area contributed by atoms with Crippen molar-refractivity contribution in [3.05, 3.63) is 77.9 Å². The van der Waals surface area contributed by atoms with E-state index in [9.17, 15) is 22.8 Å². The molecule has 0 radical (unpaired) electrons. The van der Waals surface area contributed by atoms with Crippen LogP contribution in [0.5, 0.6) is 0 Å². The maximum atomic E-state index is 12.9. The Labute approximate surface area is 192 Å². The standard InChI is InChI=1S/C25H24N2O5S/c28-22(26-15-7-17-33(31,32)19-10-2-1-3-11-19)14-6-16-27-24(29)20-12-4-8-18-9-5-13-21(23(18)20)25(27)30/h1-5,8-13H,6-7,14-17H2,(H,26,28). The first-order valence-corrected chi connectivity index (χ1v) is 12.5. The molecule has 0 fully saturated rings. The quantitative estimate of drug-likeness (QED) is 0.387. The Morgan fingerprint density at radius 2 is 1.45 bits per heavy atom. The van der Waals surface area contributed by atoms with Gasteiger partial charge in [-0.25, -0.2) is 8.42 Å². The number of carbonyl (C=O) groups is 3. The number of nitrogens with one attached hydrogen (secondary N) is 1. The van der Waals surface area contributed by atoms with Crippen LogP contribution in [0.25, 0.3) is 10.8 Å². The van der Waals surface area contributed by atoms with E-state index in [1.54, 1.807) is 54.6 Å². The molecular weight excluding hydrogens is 440 g/mol. The number of hydrogen-bond acceptors (Lipinski definition) is 5. The summed E-state index contributed by atoms with van der Waals surface area (Å²) in [7, 11) is -3.38. The summed E-state index contributed by atoms with van der Waals surface area (Å²) in [5.41, 5.74) is 0.985. The number of benzene rings is 3. The maximum absolute atomic E-state index is 12.9. The van der Waals surface area contributed by atoms with Crippen LogP contribution in [0.3, 0.4) is 0 Å². The van der Waals surface area contributed by atoms with Crippen LogP contribution >= 0.6 is 0 Å². The summed E-state index contributed by atoms with van der Waals surface area (Å²) in [6.07, 6.45) is 0.755. The van der Waals surface area contributed by atoms with E-state index in [0.717, 1.165) is 5.39 Å². The van der Waals surface area contributed by atoms with E-state index in [1.165, 1.54) is 4.90 Å². The molecule has 0 atom stereocenters. The zero-order valence-electron chi connectivity index (χ0n) is 18.0. The van der Waals surface area contributed by atoms with Crippen LogP contribution in [0.15, 0.2) is 71.6 Å². The van der Waals surface area contributed by atoms with Crippen LogP contribution in [0.1, 0.15) is 40.0 Å². The highest BCUT2D eigenvalue weighted by molar-refractivity contribution is 7.91. The minimum Gasteiger partial charge on any atom is -0.356 e. The molecule has 0 unspecified atom stereocenters. The van der Waals surface area contributed by atoms with E-state index >= 15 is 0 Å². The third-order valence-electron chi connectivity index (χ3n) is 5.66. The number of imide groups is 1. The van der Waals surface area contributed by atoms with Crippen molar-refractivity contribution in [1.82, 2.24) is 10.2 Å². The molecular formula is C25H24N2O5S. The molecule has 8 heteroatoms. The van der Waals surface area contributed by atoms with Crippen molar-refractivity contribution in [2.75, 3.05) is 18.8 Å². The van der Waals surface area contributed by atoms with E-state index < -0.39 is 9.84 Å². The van der Waals surface area contributed by atoms with Gasteiger partial charge in [-0.05, 0) is 42.5 Å². The zero-order chi connectivity index (χ0) is 23.4. The fourth-order valence-electron chi connectivity index (χ4n) is 4.01. The van der Waals surface area contributed by atoms with Crippen molar-refractivity contribution in [3.8, 4) is 0 Å². The SMILES string of the molecule is O=C(CCCN1C(=O)c2cccc3cccc(c23)C1=O)NCCCS(=O)(=O)c1ccccc1. The minimum atomic E-state index is -3.38. The predicted octanol–water partition coefficient (Wildman–Crippen LogP) is 3.20. The summed E-state index contributed by atoms with van der Waals surface area (Å²) < 4.78 is 24.5. The molecule has 170 valence electrons. The van der Waals surface area contributed by atoms with E-state index in [1.807, 2.05) is 12.1 Å². The van der Waals surface area contributed by atoms with Crippen LogP contribution in [-0.4, -0.2) is 49.9 Å². The molecule has 0 saturated heterocycles. The lowest BCUT2D eigenvalue weighted by atomic mass is 9.94. The highest BCUT2D eigenvalue weighted by atomic mass is 32.2. The Morgan fingerprint density at radius 3 is 2.09 bits per heavy atom. The van der Waals surface area contributed by atoms with Gasteiger partial charge in [0, 0.05) is 36.0 Å². The summed E-state index contributed by atoms with van der Waals surface area (Å²) in [4.78, 5) is 39.3. The smallest absolute Gasteiger partial charge is 0.261 e. The summed E-state index contributed by atoms with van der Waals surface area (Å²) in [6.45, 7) is 0.375. The van der Waals surface area contributed by atoms with Crippen molar-refractivity contribution < 1.29 is 22.8 Å². The number of amides is 3. The first-order valence-electron chi connectivity index (χ1n) is 10.8. The largest absolute Gasteiger partial charge is 0.356 e. The lowest BCUT2D eigenvalue weighted by Crippen LogP contribution is -2.41. The minimum absolute atomic E-state index is 0.0565. The normalized spacial score (nSPS) is 13.4. The predicted molar refractivity (Wildman–Crippen MR) is 125 cm³/mol. The van der Waals surface area contributed by atoms with Gasteiger partial charge < -0.3 is 5.32 Å². The van der Waals surface area contributed by atoms with Gasteiger partial charge in [0.25, 0.3) is 11.8 Å². The number of sulfone groups is 1. The molecule has 1 N–H and O–H groups in total. The first kappa shape index (κ1) is 22.7. The highest BCUT2D eigenvalue weighted by Crippen LogP contribution is 2.30. The summed E-state index contributed by atoms with van der Waals surface area (Å²) in [6, 6.07) is 18.9. The monoisotopic (exact) mass is 464 g/mol. The molecule has 7 nitrogen and oxygen atoms in total. The Kier molecular flexibility index (Phi) is 6.55. The number of hydrogen-bond donors (Lipinski definition) is 1. The highest BCUT2D eigenvalue weighted by Gasteiger charge is 2.32. The second-order valence-electron chi connectivity index (χ2n) is 7.91. The van der Waals surface area contributed by atoms with Crippen LogP contribution in [0.4, 0.5) is 0 Å². The van der Waals surface area contributed by atoms with Crippen LogP contribution in [0.2, 0.25) is 0 Å². The summed E-state index contributed by atoms with van der Waals surface area (Å²) in [5, 5.41) is 4.23. The van der Waals surface area contributed by atoms with E-state index in [-0.39, 0.29) is 47.9 Å². The van der Waals surface area contributed by atoms with E-state index in [0.29, 0.717) is 29.4 Å². The molecule has 0 saturated carbocycles. The van der Waals surface area contributed by atoms with Crippen molar-refractivity contribution in [1.29, 1.82) is 0 Å². The van der Waals surface area contributed by atoms with Crippen LogP contribution in [-0.2, 0) is 14.6 Å². The number of carbonyl (C=O) groups excluding carboxylic acids is 3. The lowest BCUT2D eigenvalue weighted by Gasteiger charge is -2.27. The zero-order valence-corrected chi connectivity index (χ0v) is 18.8. The molecule has 3 aromatic carbocycles. The molecule has 0 aromatic heterocycles. The van der Waals surface area contributed by atoms with Crippen molar-refractivity contribution in [2.24, 2.45) is 0 Å². The molecule has 33 heavy (non-hydrogen) atoms. The summed E-state index contributed by atoms with van der Waals surface area (Å²) >= 11 is 0. The molecule has 1 aliphatic rings.